The molecule has 0 amide bonds. The van der Waals surface area contributed by atoms with Crippen molar-refractivity contribution >= 4 is 0 Å². The van der Waals surface area contributed by atoms with Crippen molar-refractivity contribution in [2.75, 3.05) is 0 Å². The first kappa shape index (κ1) is 7.98. The van der Waals surface area contributed by atoms with Gasteiger partial charge in [-0.3, -0.25) is 5.10 Å². The fourth-order valence-electron chi connectivity index (χ4n) is 1.28. The second-order valence-electron chi connectivity index (χ2n) is 2.94. The van der Waals surface area contributed by atoms with Crippen LogP contribution in [0.1, 0.15) is 5.56 Å². The number of aryl methyl sites for hydroxylation is 1. The topological polar surface area (TPSA) is 28.7 Å². The maximum Gasteiger partial charge on any atom is 0.123 e. The normalized spacial score (nSPS) is 10.3. The summed E-state index contributed by atoms with van der Waals surface area (Å²) in [5, 5.41) is 6.71. The van der Waals surface area contributed by atoms with Crippen LogP contribution < -0.4 is 0 Å². The van der Waals surface area contributed by atoms with E-state index in [1.807, 2.05) is 13.0 Å². The van der Waals surface area contributed by atoms with Crippen LogP contribution in [-0.2, 0) is 0 Å². The molecule has 1 aromatic heterocycles. The molecular formula is C10H9FN2. The van der Waals surface area contributed by atoms with E-state index in [1.165, 1.54) is 12.1 Å². The van der Waals surface area contributed by atoms with E-state index < -0.39 is 0 Å². The predicted molar refractivity (Wildman–Crippen MR) is 48.7 cm³/mol. The highest BCUT2D eigenvalue weighted by Gasteiger charge is 2.03. The Balaban J connectivity index is 2.53. The zero-order valence-corrected chi connectivity index (χ0v) is 7.21. The summed E-state index contributed by atoms with van der Waals surface area (Å²) in [7, 11) is 0. The van der Waals surface area contributed by atoms with E-state index in [-0.39, 0.29) is 5.82 Å². The summed E-state index contributed by atoms with van der Waals surface area (Å²) in [5.41, 5.74) is 2.72. The molecule has 1 N–H and O–H groups in total. The number of nitrogens with zero attached hydrogens (tertiary/aromatic N) is 1. The van der Waals surface area contributed by atoms with Crippen molar-refractivity contribution < 1.29 is 4.39 Å². The number of H-pyrrole nitrogens is 1. The van der Waals surface area contributed by atoms with Gasteiger partial charge in [0.05, 0.1) is 11.9 Å². The SMILES string of the molecule is Cc1cn[nH]c1-c1cccc(F)c1. The van der Waals surface area contributed by atoms with Crippen molar-refractivity contribution in [3.8, 4) is 11.3 Å². The van der Waals surface area contributed by atoms with Gasteiger partial charge in [-0.15, -0.1) is 0 Å². The van der Waals surface area contributed by atoms with Gasteiger partial charge in [-0.05, 0) is 24.6 Å². The molecule has 2 rings (SSSR count). The van der Waals surface area contributed by atoms with Crippen molar-refractivity contribution in [1.29, 1.82) is 0 Å². The first-order chi connectivity index (χ1) is 6.27. The quantitative estimate of drug-likeness (QED) is 0.710. The minimum atomic E-state index is -0.230. The second kappa shape index (κ2) is 3.01. The lowest BCUT2D eigenvalue weighted by Gasteiger charge is -1.98. The Bertz CT molecular complexity index is 420. The van der Waals surface area contributed by atoms with E-state index in [4.69, 9.17) is 0 Å². The fraction of sp³-hybridized carbons (Fsp3) is 0.100. The van der Waals surface area contributed by atoms with Crippen LogP contribution in [-0.4, -0.2) is 10.2 Å². The molecule has 0 saturated heterocycles. The van der Waals surface area contributed by atoms with E-state index in [1.54, 1.807) is 12.3 Å². The third-order valence-electron chi connectivity index (χ3n) is 1.94. The Labute approximate surface area is 75.4 Å². The van der Waals surface area contributed by atoms with Crippen molar-refractivity contribution in [3.05, 3.63) is 41.8 Å². The highest BCUT2D eigenvalue weighted by molar-refractivity contribution is 5.61. The molecular weight excluding hydrogens is 167 g/mol. The summed E-state index contributed by atoms with van der Waals surface area (Å²) in [5.74, 6) is -0.230. The lowest BCUT2D eigenvalue weighted by atomic mass is 10.1. The van der Waals surface area contributed by atoms with E-state index in [0.29, 0.717) is 0 Å². The van der Waals surface area contributed by atoms with Gasteiger partial charge in [0, 0.05) is 5.56 Å². The molecule has 0 fully saturated rings. The van der Waals surface area contributed by atoms with Gasteiger partial charge in [0.15, 0.2) is 0 Å². The summed E-state index contributed by atoms with van der Waals surface area (Å²) in [6.45, 7) is 1.93. The molecule has 1 heterocycles. The van der Waals surface area contributed by atoms with Gasteiger partial charge in [0.2, 0.25) is 0 Å². The average Bonchev–Trinajstić information content (AvgIpc) is 2.51. The largest absolute Gasteiger partial charge is 0.278 e. The Morgan fingerprint density at radius 1 is 1.38 bits per heavy atom. The molecule has 0 aliphatic rings. The number of aromatic nitrogens is 2. The van der Waals surface area contributed by atoms with Gasteiger partial charge in [0.1, 0.15) is 5.82 Å². The Kier molecular flexibility index (Phi) is 1.85. The van der Waals surface area contributed by atoms with Crippen LogP contribution in [0.5, 0.6) is 0 Å². The lowest BCUT2D eigenvalue weighted by molar-refractivity contribution is 0.628. The molecule has 0 spiro atoms. The third kappa shape index (κ3) is 1.45. The van der Waals surface area contributed by atoms with E-state index in [2.05, 4.69) is 10.2 Å². The van der Waals surface area contributed by atoms with Crippen LogP contribution >= 0.6 is 0 Å². The maximum atomic E-state index is 12.9. The zero-order valence-electron chi connectivity index (χ0n) is 7.21. The average molecular weight is 176 g/mol. The minimum Gasteiger partial charge on any atom is -0.278 e. The molecule has 66 valence electrons. The van der Waals surface area contributed by atoms with Gasteiger partial charge >= 0.3 is 0 Å². The molecule has 0 aliphatic carbocycles. The van der Waals surface area contributed by atoms with Crippen LogP contribution in [0.2, 0.25) is 0 Å². The Hall–Kier alpha value is -1.64. The number of benzene rings is 1. The smallest absolute Gasteiger partial charge is 0.123 e. The molecule has 0 unspecified atom stereocenters. The van der Waals surface area contributed by atoms with Crippen molar-refractivity contribution in [2.24, 2.45) is 0 Å². The monoisotopic (exact) mass is 176 g/mol. The van der Waals surface area contributed by atoms with Crippen LogP contribution in [0.3, 0.4) is 0 Å². The van der Waals surface area contributed by atoms with Crippen LogP contribution in [0, 0.1) is 12.7 Å². The molecule has 0 radical (unpaired) electrons. The standard InChI is InChI=1S/C10H9FN2/c1-7-6-12-13-10(7)8-3-2-4-9(11)5-8/h2-6H,1H3,(H,12,13). The number of nitrogens with one attached hydrogen (secondary N) is 1. The third-order valence-corrected chi connectivity index (χ3v) is 1.94. The summed E-state index contributed by atoms with van der Waals surface area (Å²) in [4.78, 5) is 0. The molecule has 2 nitrogen and oxygen atoms in total. The van der Waals surface area contributed by atoms with Gasteiger partial charge in [0.25, 0.3) is 0 Å². The lowest BCUT2D eigenvalue weighted by Crippen LogP contribution is -1.82. The van der Waals surface area contributed by atoms with Gasteiger partial charge < -0.3 is 0 Å². The minimum absolute atomic E-state index is 0.230. The molecule has 3 heteroatoms. The molecule has 1 aromatic carbocycles. The van der Waals surface area contributed by atoms with E-state index in [9.17, 15) is 4.39 Å². The van der Waals surface area contributed by atoms with E-state index >= 15 is 0 Å². The summed E-state index contributed by atoms with van der Waals surface area (Å²) < 4.78 is 12.9. The molecule has 0 saturated carbocycles. The highest BCUT2D eigenvalue weighted by Crippen LogP contribution is 2.20. The zero-order chi connectivity index (χ0) is 9.26. The number of hydrogen-bond donors (Lipinski definition) is 1. The van der Waals surface area contributed by atoms with Crippen LogP contribution in [0.4, 0.5) is 4.39 Å². The Morgan fingerprint density at radius 2 is 2.23 bits per heavy atom. The van der Waals surface area contributed by atoms with Gasteiger partial charge in [-0.25, -0.2) is 4.39 Å². The van der Waals surface area contributed by atoms with Crippen LogP contribution in [0.25, 0.3) is 11.3 Å². The number of hydrogen-bond acceptors (Lipinski definition) is 1. The first-order valence-corrected chi connectivity index (χ1v) is 4.03. The molecule has 0 atom stereocenters. The molecule has 0 bridgehead atoms. The summed E-state index contributed by atoms with van der Waals surface area (Å²) >= 11 is 0. The number of aromatic amines is 1. The van der Waals surface area contributed by atoms with Crippen molar-refractivity contribution in [3.63, 3.8) is 0 Å². The second-order valence-corrected chi connectivity index (χ2v) is 2.94. The van der Waals surface area contributed by atoms with Gasteiger partial charge in [-0.2, -0.15) is 5.10 Å². The number of halogens is 1. The fourth-order valence-corrected chi connectivity index (χ4v) is 1.28. The maximum absolute atomic E-state index is 12.9. The van der Waals surface area contributed by atoms with Crippen LogP contribution in [0.15, 0.2) is 30.5 Å². The van der Waals surface area contributed by atoms with Crippen molar-refractivity contribution in [1.82, 2.24) is 10.2 Å². The first-order valence-electron chi connectivity index (χ1n) is 4.03. The van der Waals surface area contributed by atoms with Gasteiger partial charge in [-0.1, -0.05) is 12.1 Å². The summed E-state index contributed by atoms with van der Waals surface area (Å²) in [6.07, 6.45) is 1.72. The molecule has 2 aromatic rings. The number of rotatable bonds is 1. The molecule has 13 heavy (non-hydrogen) atoms. The van der Waals surface area contributed by atoms with Crippen molar-refractivity contribution in [2.45, 2.75) is 6.92 Å². The Morgan fingerprint density at radius 3 is 2.85 bits per heavy atom. The molecule has 0 aliphatic heterocycles. The van der Waals surface area contributed by atoms with E-state index in [0.717, 1.165) is 16.8 Å². The highest BCUT2D eigenvalue weighted by atomic mass is 19.1. The summed E-state index contributed by atoms with van der Waals surface area (Å²) in [6, 6.07) is 6.45. The predicted octanol–water partition coefficient (Wildman–Crippen LogP) is 2.52.